The first-order valence-electron chi connectivity index (χ1n) is 11.2. The molecule has 2 unspecified atom stereocenters. The highest BCUT2D eigenvalue weighted by Crippen LogP contribution is 2.27. The molecule has 0 aliphatic carbocycles. The lowest BCUT2D eigenvalue weighted by Gasteiger charge is -2.42. The van der Waals surface area contributed by atoms with Crippen LogP contribution in [0.15, 0.2) is 79.1 Å². The molecule has 0 saturated carbocycles. The summed E-state index contributed by atoms with van der Waals surface area (Å²) in [6.45, 7) is 5.09. The fourth-order valence-corrected chi connectivity index (χ4v) is 4.53. The van der Waals surface area contributed by atoms with E-state index >= 15 is 0 Å². The average molecular weight is 430 g/mol. The maximum Gasteiger partial charge on any atom is 0.253 e. The Morgan fingerprint density at radius 3 is 2.44 bits per heavy atom. The molecule has 1 fully saturated rings. The highest BCUT2D eigenvalue weighted by molar-refractivity contribution is 5.86. The Balaban J connectivity index is 1.50. The smallest absolute Gasteiger partial charge is 0.253 e. The number of nitrogens with zero attached hydrogens (tertiary/aromatic N) is 2. The zero-order valence-corrected chi connectivity index (χ0v) is 18.8. The summed E-state index contributed by atoms with van der Waals surface area (Å²) >= 11 is 0. The van der Waals surface area contributed by atoms with Crippen LogP contribution in [0.25, 0.3) is 11.1 Å². The molecule has 1 aliphatic rings. The molecule has 0 spiro atoms. The Bertz CT molecular complexity index is 1010. The molecular formula is C27H31N3O2. The summed E-state index contributed by atoms with van der Waals surface area (Å²) in [5.74, 6) is 0.323. The minimum absolute atomic E-state index is 0.0622. The lowest BCUT2D eigenvalue weighted by Crippen LogP contribution is -2.61. The molecule has 166 valence electrons. The minimum atomic E-state index is -0.887. The molecule has 5 heteroatoms. The second-order valence-corrected chi connectivity index (χ2v) is 8.58. The molecule has 1 N–H and O–H groups in total. The molecular weight excluding hydrogens is 398 g/mol. The Morgan fingerprint density at radius 1 is 1.06 bits per heavy atom. The molecule has 1 aromatic heterocycles. The van der Waals surface area contributed by atoms with Gasteiger partial charge in [0.25, 0.3) is 5.91 Å². The number of carbonyl (C=O) groups excluding carboxylic acids is 1. The third kappa shape index (κ3) is 5.06. The lowest BCUT2D eigenvalue weighted by atomic mass is 9.89. The van der Waals surface area contributed by atoms with E-state index in [1.807, 2.05) is 18.2 Å². The molecule has 1 amide bonds. The van der Waals surface area contributed by atoms with Gasteiger partial charge in [0.2, 0.25) is 0 Å². The summed E-state index contributed by atoms with van der Waals surface area (Å²) in [6.07, 6.45) is 4.13. The first-order chi connectivity index (χ1) is 15.6. The highest BCUT2D eigenvalue weighted by atomic mass is 16.5. The predicted molar refractivity (Wildman–Crippen MR) is 127 cm³/mol. The van der Waals surface area contributed by atoms with Gasteiger partial charge in [0, 0.05) is 45.5 Å². The van der Waals surface area contributed by atoms with E-state index in [-0.39, 0.29) is 5.91 Å². The number of hydrogen-bond donors (Lipinski definition) is 1. The molecule has 2 aromatic carbocycles. The van der Waals surface area contributed by atoms with Crippen molar-refractivity contribution in [3.8, 4) is 11.1 Å². The molecule has 1 saturated heterocycles. The number of carbonyl (C=O) groups is 1. The standard InChI is InChI=1S/C27H31N3O2/c1-21(23-6-4-3-5-7-23)19-30-16-17-32-27(20-30,26(31)28-2)18-22-8-10-24(11-9-22)25-12-14-29-15-13-25/h3-15,21H,16-20H2,1-2H3,(H,28,31). The van der Waals surface area contributed by atoms with Crippen molar-refractivity contribution in [3.05, 3.63) is 90.3 Å². The molecule has 0 bridgehead atoms. The fourth-order valence-electron chi connectivity index (χ4n) is 4.53. The summed E-state index contributed by atoms with van der Waals surface area (Å²) in [6, 6.07) is 22.9. The van der Waals surface area contributed by atoms with Crippen LogP contribution in [0, 0.1) is 0 Å². The summed E-state index contributed by atoms with van der Waals surface area (Å²) in [4.78, 5) is 19.5. The first kappa shape index (κ1) is 22.2. The van der Waals surface area contributed by atoms with Crippen LogP contribution in [-0.4, -0.2) is 54.7 Å². The monoisotopic (exact) mass is 429 g/mol. The zero-order valence-electron chi connectivity index (χ0n) is 18.8. The number of morpholine rings is 1. The van der Waals surface area contributed by atoms with Crippen molar-refractivity contribution in [1.82, 2.24) is 15.2 Å². The first-order valence-corrected chi connectivity index (χ1v) is 11.2. The van der Waals surface area contributed by atoms with Gasteiger partial charge in [-0.05, 0) is 40.3 Å². The van der Waals surface area contributed by atoms with Gasteiger partial charge < -0.3 is 10.1 Å². The van der Waals surface area contributed by atoms with Gasteiger partial charge in [0.15, 0.2) is 5.60 Å². The number of aromatic nitrogens is 1. The van der Waals surface area contributed by atoms with Gasteiger partial charge in [-0.2, -0.15) is 0 Å². The second-order valence-electron chi connectivity index (χ2n) is 8.58. The van der Waals surface area contributed by atoms with E-state index in [2.05, 4.69) is 70.7 Å². The van der Waals surface area contributed by atoms with E-state index in [9.17, 15) is 4.79 Å². The molecule has 1 aliphatic heterocycles. The largest absolute Gasteiger partial charge is 0.362 e. The summed E-state index contributed by atoms with van der Waals surface area (Å²) < 4.78 is 6.19. The molecule has 2 heterocycles. The van der Waals surface area contributed by atoms with Gasteiger partial charge >= 0.3 is 0 Å². The van der Waals surface area contributed by atoms with Crippen LogP contribution in [0.5, 0.6) is 0 Å². The average Bonchev–Trinajstić information content (AvgIpc) is 2.85. The summed E-state index contributed by atoms with van der Waals surface area (Å²) in [7, 11) is 1.69. The van der Waals surface area contributed by atoms with Gasteiger partial charge in [-0.15, -0.1) is 0 Å². The third-order valence-corrected chi connectivity index (χ3v) is 6.26. The fraction of sp³-hybridized carbons (Fsp3) is 0.333. The number of nitrogens with one attached hydrogen (secondary N) is 1. The normalized spacial score (nSPS) is 19.9. The maximum atomic E-state index is 13.0. The number of hydrogen-bond acceptors (Lipinski definition) is 4. The molecule has 5 nitrogen and oxygen atoms in total. The van der Waals surface area contributed by atoms with Crippen molar-refractivity contribution in [2.45, 2.75) is 24.9 Å². The van der Waals surface area contributed by atoms with Gasteiger partial charge in [0.1, 0.15) is 0 Å². The van der Waals surface area contributed by atoms with E-state index < -0.39 is 5.60 Å². The number of rotatable bonds is 7. The van der Waals surface area contributed by atoms with Crippen LogP contribution < -0.4 is 5.32 Å². The van der Waals surface area contributed by atoms with Crippen molar-refractivity contribution in [1.29, 1.82) is 0 Å². The van der Waals surface area contributed by atoms with Crippen LogP contribution in [-0.2, 0) is 16.0 Å². The van der Waals surface area contributed by atoms with E-state index in [0.29, 0.717) is 25.5 Å². The quantitative estimate of drug-likeness (QED) is 0.619. The topological polar surface area (TPSA) is 54.5 Å². The molecule has 2 atom stereocenters. The van der Waals surface area contributed by atoms with Gasteiger partial charge in [-0.1, -0.05) is 61.5 Å². The Morgan fingerprint density at radius 2 is 1.75 bits per heavy atom. The molecule has 32 heavy (non-hydrogen) atoms. The van der Waals surface area contributed by atoms with Crippen LogP contribution in [0.4, 0.5) is 0 Å². The Kier molecular flexibility index (Phi) is 6.98. The van der Waals surface area contributed by atoms with Gasteiger partial charge in [-0.3, -0.25) is 14.7 Å². The molecule has 0 radical (unpaired) electrons. The summed E-state index contributed by atoms with van der Waals surface area (Å²) in [5.41, 5.74) is 3.78. The van der Waals surface area contributed by atoms with Gasteiger partial charge in [-0.25, -0.2) is 0 Å². The molecule has 4 rings (SSSR count). The van der Waals surface area contributed by atoms with Crippen LogP contribution in [0.2, 0.25) is 0 Å². The van der Waals surface area contributed by atoms with Crippen molar-refractivity contribution >= 4 is 5.91 Å². The van der Waals surface area contributed by atoms with E-state index in [1.54, 1.807) is 19.4 Å². The number of ether oxygens (including phenoxy) is 1. The Hall–Kier alpha value is -3.02. The number of benzene rings is 2. The van der Waals surface area contributed by atoms with Crippen LogP contribution in [0.1, 0.15) is 24.0 Å². The van der Waals surface area contributed by atoms with E-state index in [0.717, 1.165) is 29.8 Å². The lowest BCUT2D eigenvalue weighted by molar-refractivity contribution is -0.159. The van der Waals surface area contributed by atoms with E-state index in [4.69, 9.17) is 4.74 Å². The van der Waals surface area contributed by atoms with Gasteiger partial charge in [0.05, 0.1) is 6.61 Å². The van der Waals surface area contributed by atoms with Crippen molar-refractivity contribution in [2.75, 3.05) is 33.3 Å². The minimum Gasteiger partial charge on any atom is -0.362 e. The number of likely N-dealkylation sites (N-methyl/N-ethyl adjacent to an activating group) is 1. The molecule has 3 aromatic rings. The van der Waals surface area contributed by atoms with Crippen molar-refractivity contribution in [2.24, 2.45) is 0 Å². The van der Waals surface area contributed by atoms with Crippen molar-refractivity contribution in [3.63, 3.8) is 0 Å². The Labute approximate surface area is 190 Å². The van der Waals surface area contributed by atoms with Crippen LogP contribution in [0.3, 0.4) is 0 Å². The number of pyridine rings is 1. The van der Waals surface area contributed by atoms with Crippen LogP contribution >= 0.6 is 0 Å². The highest BCUT2D eigenvalue weighted by Gasteiger charge is 2.43. The number of amides is 1. The SMILES string of the molecule is CNC(=O)C1(Cc2ccc(-c3ccncc3)cc2)CN(CC(C)c2ccccc2)CCO1. The predicted octanol–water partition coefficient (Wildman–Crippen LogP) is 3.91. The van der Waals surface area contributed by atoms with Crippen molar-refractivity contribution < 1.29 is 9.53 Å². The summed E-state index contributed by atoms with van der Waals surface area (Å²) in [5, 5.41) is 2.84. The third-order valence-electron chi connectivity index (χ3n) is 6.26. The zero-order chi connectivity index (χ0) is 22.4. The maximum absolute atomic E-state index is 13.0. The second kappa shape index (κ2) is 10.1. The van der Waals surface area contributed by atoms with E-state index in [1.165, 1.54) is 5.56 Å².